The average Bonchev–Trinajstić information content (AvgIpc) is 2.30. The maximum atomic E-state index is 11.6. The number of aliphatic hydroxyl groups is 1. The molecule has 0 heterocycles. The average molecular weight is 236 g/mol. The van der Waals surface area contributed by atoms with E-state index in [4.69, 9.17) is 5.73 Å². The number of hydrogen-bond acceptors (Lipinski definition) is 3. The van der Waals surface area contributed by atoms with Gasteiger partial charge in [0.1, 0.15) is 0 Å². The van der Waals surface area contributed by atoms with Gasteiger partial charge in [0.2, 0.25) is 5.91 Å². The summed E-state index contributed by atoms with van der Waals surface area (Å²) < 4.78 is 0. The fourth-order valence-electron chi connectivity index (χ4n) is 1.34. The summed E-state index contributed by atoms with van der Waals surface area (Å²) in [5.74, 6) is -0.128. The van der Waals surface area contributed by atoms with Crippen molar-refractivity contribution in [2.24, 2.45) is 0 Å². The van der Waals surface area contributed by atoms with E-state index >= 15 is 0 Å². The second-order valence-corrected chi connectivity index (χ2v) is 4.50. The summed E-state index contributed by atoms with van der Waals surface area (Å²) in [5.41, 5.74) is 6.32. The lowest BCUT2D eigenvalue weighted by molar-refractivity contribution is -0.121. The Kier molecular flexibility index (Phi) is 4.52. The van der Waals surface area contributed by atoms with Crippen LogP contribution in [0.15, 0.2) is 24.3 Å². The minimum Gasteiger partial charge on any atom is -0.398 e. The molecule has 1 unspecified atom stereocenters. The van der Waals surface area contributed by atoms with Crippen molar-refractivity contribution in [3.63, 3.8) is 0 Å². The van der Waals surface area contributed by atoms with Gasteiger partial charge in [-0.1, -0.05) is 25.1 Å². The van der Waals surface area contributed by atoms with Crippen molar-refractivity contribution < 1.29 is 9.90 Å². The third-order valence-corrected chi connectivity index (χ3v) is 2.83. The second-order valence-electron chi connectivity index (χ2n) is 4.50. The van der Waals surface area contributed by atoms with Gasteiger partial charge in [-0.25, -0.2) is 0 Å². The molecular formula is C13H20N2O2. The third-order valence-electron chi connectivity index (χ3n) is 2.83. The van der Waals surface area contributed by atoms with Gasteiger partial charge in [-0.3, -0.25) is 4.79 Å². The van der Waals surface area contributed by atoms with Crippen LogP contribution in [0.1, 0.15) is 25.8 Å². The van der Waals surface area contributed by atoms with E-state index in [-0.39, 0.29) is 18.9 Å². The zero-order valence-corrected chi connectivity index (χ0v) is 10.4. The molecule has 0 spiro atoms. The number of amides is 1. The van der Waals surface area contributed by atoms with Gasteiger partial charge in [0.05, 0.1) is 12.0 Å². The van der Waals surface area contributed by atoms with E-state index < -0.39 is 5.60 Å². The van der Waals surface area contributed by atoms with Crippen LogP contribution in [-0.4, -0.2) is 23.2 Å². The summed E-state index contributed by atoms with van der Waals surface area (Å²) in [7, 11) is 0. The molecule has 0 saturated carbocycles. The smallest absolute Gasteiger partial charge is 0.224 e. The monoisotopic (exact) mass is 236 g/mol. The summed E-state index contributed by atoms with van der Waals surface area (Å²) >= 11 is 0. The molecular weight excluding hydrogens is 216 g/mol. The fraction of sp³-hybridized carbons (Fsp3) is 0.462. The number of rotatable bonds is 5. The lowest BCUT2D eigenvalue weighted by atomic mass is 10.0. The first kappa shape index (κ1) is 13.5. The van der Waals surface area contributed by atoms with Crippen LogP contribution >= 0.6 is 0 Å². The number of benzene rings is 1. The van der Waals surface area contributed by atoms with Gasteiger partial charge in [0, 0.05) is 12.2 Å². The Morgan fingerprint density at radius 2 is 2.12 bits per heavy atom. The van der Waals surface area contributed by atoms with Gasteiger partial charge >= 0.3 is 0 Å². The molecule has 1 amide bonds. The molecule has 1 atom stereocenters. The highest BCUT2D eigenvalue weighted by molar-refractivity contribution is 5.80. The lowest BCUT2D eigenvalue weighted by Gasteiger charge is -2.21. The van der Waals surface area contributed by atoms with E-state index in [0.29, 0.717) is 12.1 Å². The van der Waals surface area contributed by atoms with E-state index in [0.717, 1.165) is 5.56 Å². The zero-order valence-electron chi connectivity index (χ0n) is 10.4. The number of nitrogen functional groups attached to an aromatic ring is 1. The van der Waals surface area contributed by atoms with Crippen molar-refractivity contribution >= 4 is 11.6 Å². The molecule has 0 aromatic heterocycles. The standard InChI is InChI=1S/C13H20N2O2/c1-3-13(2,17)9-15-12(16)8-10-6-4-5-7-11(10)14/h4-7,17H,3,8-9,14H2,1-2H3,(H,15,16). The molecule has 4 heteroatoms. The molecule has 0 saturated heterocycles. The molecule has 1 rings (SSSR count). The highest BCUT2D eigenvalue weighted by Crippen LogP contribution is 2.11. The molecule has 0 bridgehead atoms. The normalized spacial score (nSPS) is 14.1. The quantitative estimate of drug-likeness (QED) is 0.670. The van der Waals surface area contributed by atoms with Crippen LogP contribution in [0.3, 0.4) is 0 Å². The van der Waals surface area contributed by atoms with E-state index in [1.54, 1.807) is 13.0 Å². The number of carbonyl (C=O) groups excluding carboxylic acids is 1. The Hall–Kier alpha value is -1.55. The van der Waals surface area contributed by atoms with Gasteiger partial charge in [0.25, 0.3) is 0 Å². The van der Waals surface area contributed by atoms with Gasteiger partial charge in [-0.2, -0.15) is 0 Å². The molecule has 0 aliphatic heterocycles. The number of carbonyl (C=O) groups is 1. The Morgan fingerprint density at radius 3 is 2.71 bits per heavy atom. The molecule has 0 aliphatic rings. The van der Waals surface area contributed by atoms with Crippen LogP contribution in [0.2, 0.25) is 0 Å². The van der Waals surface area contributed by atoms with E-state index in [1.807, 2.05) is 25.1 Å². The Labute approximate surface area is 102 Å². The number of hydrogen-bond donors (Lipinski definition) is 3. The first-order valence-corrected chi connectivity index (χ1v) is 5.77. The molecule has 1 aromatic carbocycles. The summed E-state index contributed by atoms with van der Waals surface area (Å²) in [5, 5.41) is 12.5. The summed E-state index contributed by atoms with van der Waals surface area (Å²) in [6, 6.07) is 7.28. The zero-order chi connectivity index (χ0) is 12.9. The van der Waals surface area contributed by atoms with Crippen molar-refractivity contribution in [1.29, 1.82) is 0 Å². The lowest BCUT2D eigenvalue weighted by Crippen LogP contribution is -2.40. The highest BCUT2D eigenvalue weighted by Gasteiger charge is 2.18. The van der Waals surface area contributed by atoms with Crippen molar-refractivity contribution in [2.75, 3.05) is 12.3 Å². The summed E-state index contributed by atoms with van der Waals surface area (Å²) in [6.45, 7) is 3.83. The number of nitrogens with one attached hydrogen (secondary N) is 1. The van der Waals surface area contributed by atoms with Crippen LogP contribution in [0, 0.1) is 0 Å². The van der Waals surface area contributed by atoms with Crippen LogP contribution < -0.4 is 11.1 Å². The van der Waals surface area contributed by atoms with Crippen molar-refractivity contribution in [2.45, 2.75) is 32.3 Å². The van der Waals surface area contributed by atoms with Gasteiger partial charge in [0.15, 0.2) is 0 Å². The molecule has 0 aliphatic carbocycles. The van der Waals surface area contributed by atoms with Crippen molar-refractivity contribution in [1.82, 2.24) is 5.32 Å². The maximum absolute atomic E-state index is 11.6. The van der Waals surface area contributed by atoms with Crippen LogP contribution in [0.4, 0.5) is 5.69 Å². The first-order chi connectivity index (χ1) is 7.94. The van der Waals surface area contributed by atoms with E-state index in [9.17, 15) is 9.90 Å². The van der Waals surface area contributed by atoms with Crippen LogP contribution in [0.25, 0.3) is 0 Å². The number of para-hydroxylation sites is 1. The molecule has 94 valence electrons. The second kappa shape index (κ2) is 5.68. The molecule has 0 fully saturated rings. The first-order valence-electron chi connectivity index (χ1n) is 5.77. The predicted molar refractivity (Wildman–Crippen MR) is 68.5 cm³/mol. The van der Waals surface area contributed by atoms with Gasteiger partial charge < -0.3 is 16.2 Å². The third kappa shape index (κ3) is 4.44. The Morgan fingerprint density at radius 1 is 1.47 bits per heavy atom. The van der Waals surface area contributed by atoms with Crippen LogP contribution in [0.5, 0.6) is 0 Å². The van der Waals surface area contributed by atoms with Gasteiger partial charge in [-0.15, -0.1) is 0 Å². The minimum atomic E-state index is -0.849. The maximum Gasteiger partial charge on any atom is 0.224 e. The largest absolute Gasteiger partial charge is 0.398 e. The van der Waals surface area contributed by atoms with E-state index in [2.05, 4.69) is 5.32 Å². The molecule has 17 heavy (non-hydrogen) atoms. The fourth-order valence-corrected chi connectivity index (χ4v) is 1.34. The number of nitrogens with two attached hydrogens (primary N) is 1. The summed E-state index contributed by atoms with van der Waals surface area (Å²) in [4.78, 5) is 11.6. The Balaban J connectivity index is 2.48. The molecule has 4 nitrogen and oxygen atoms in total. The van der Waals surface area contributed by atoms with Crippen LogP contribution in [-0.2, 0) is 11.2 Å². The van der Waals surface area contributed by atoms with Crippen molar-refractivity contribution in [3.05, 3.63) is 29.8 Å². The van der Waals surface area contributed by atoms with Crippen molar-refractivity contribution in [3.8, 4) is 0 Å². The van der Waals surface area contributed by atoms with Gasteiger partial charge in [-0.05, 0) is 25.0 Å². The van der Waals surface area contributed by atoms with E-state index in [1.165, 1.54) is 0 Å². The SMILES string of the molecule is CCC(C)(O)CNC(=O)Cc1ccccc1N. The predicted octanol–water partition coefficient (Wildman–Crippen LogP) is 1.09. The highest BCUT2D eigenvalue weighted by atomic mass is 16.3. The topological polar surface area (TPSA) is 75.3 Å². The molecule has 4 N–H and O–H groups in total. The number of anilines is 1. The molecule has 1 aromatic rings. The molecule has 0 radical (unpaired) electrons. The Bertz CT molecular complexity index is 389. The summed E-state index contributed by atoms with van der Waals surface area (Å²) in [6.07, 6.45) is 0.840. The minimum absolute atomic E-state index is 0.128.